The first-order valence-electron chi connectivity index (χ1n) is 7.76. The molecule has 0 spiro atoms. The Labute approximate surface area is 121 Å². The van der Waals surface area contributed by atoms with Crippen LogP contribution in [0.1, 0.15) is 39.0 Å². The van der Waals surface area contributed by atoms with Gasteiger partial charge in [-0.3, -0.25) is 9.59 Å². The Balaban J connectivity index is 1.77. The average molecular weight is 281 g/mol. The van der Waals surface area contributed by atoms with Crippen molar-refractivity contribution in [2.75, 3.05) is 33.2 Å². The van der Waals surface area contributed by atoms with E-state index in [-0.39, 0.29) is 11.8 Å². The van der Waals surface area contributed by atoms with Crippen LogP contribution >= 0.6 is 0 Å². The van der Waals surface area contributed by atoms with Crippen LogP contribution in [0.4, 0.5) is 0 Å². The molecule has 1 unspecified atom stereocenters. The maximum Gasteiger partial charge on any atom is 0.227 e. The van der Waals surface area contributed by atoms with Crippen LogP contribution in [0.5, 0.6) is 0 Å². The van der Waals surface area contributed by atoms with E-state index < -0.39 is 5.41 Å². The van der Waals surface area contributed by atoms with Crippen molar-refractivity contribution in [3.8, 4) is 0 Å². The summed E-state index contributed by atoms with van der Waals surface area (Å²) >= 11 is 0. The number of nitrogens with zero attached hydrogens (tertiary/aromatic N) is 1. The molecule has 2 saturated heterocycles. The fourth-order valence-corrected chi connectivity index (χ4v) is 3.32. The second-order valence-electron chi connectivity index (χ2n) is 6.44. The van der Waals surface area contributed by atoms with Gasteiger partial charge in [0, 0.05) is 26.6 Å². The lowest BCUT2D eigenvalue weighted by Gasteiger charge is -2.25. The molecular formula is C15H27N3O2. The number of hydrogen-bond acceptors (Lipinski definition) is 3. The molecule has 114 valence electrons. The van der Waals surface area contributed by atoms with Gasteiger partial charge in [0.1, 0.15) is 0 Å². The van der Waals surface area contributed by atoms with Crippen LogP contribution < -0.4 is 10.6 Å². The Morgan fingerprint density at radius 3 is 2.70 bits per heavy atom. The zero-order chi connectivity index (χ0) is 14.6. The summed E-state index contributed by atoms with van der Waals surface area (Å²) < 4.78 is 0. The van der Waals surface area contributed by atoms with Crippen LogP contribution in [0.15, 0.2) is 0 Å². The first-order chi connectivity index (χ1) is 9.55. The number of nitrogens with one attached hydrogen (secondary N) is 2. The smallest absolute Gasteiger partial charge is 0.227 e. The maximum atomic E-state index is 12.3. The van der Waals surface area contributed by atoms with Crippen molar-refractivity contribution in [2.45, 2.75) is 39.0 Å². The van der Waals surface area contributed by atoms with Gasteiger partial charge in [-0.15, -0.1) is 0 Å². The number of amides is 2. The molecule has 2 aliphatic rings. The third-order valence-corrected chi connectivity index (χ3v) is 4.83. The van der Waals surface area contributed by atoms with E-state index in [0.717, 1.165) is 32.5 Å². The predicted molar refractivity (Wildman–Crippen MR) is 78.2 cm³/mol. The molecule has 0 aromatic carbocycles. The van der Waals surface area contributed by atoms with Gasteiger partial charge in [-0.05, 0) is 51.6 Å². The summed E-state index contributed by atoms with van der Waals surface area (Å²) in [5.74, 6) is 0.954. The highest BCUT2D eigenvalue weighted by molar-refractivity contribution is 5.84. The Morgan fingerprint density at radius 1 is 1.35 bits per heavy atom. The van der Waals surface area contributed by atoms with Crippen LogP contribution in [-0.4, -0.2) is 49.9 Å². The van der Waals surface area contributed by atoms with Gasteiger partial charge in [-0.25, -0.2) is 0 Å². The van der Waals surface area contributed by atoms with Gasteiger partial charge < -0.3 is 15.5 Å². The number of hydrogen-bond donors (Lipinski definition) is 2. The third kappa shape index (κ3) is 3.51. The van der Waals surface area contributed by atoms with Gasteiger partial charge >= 0.3 is 0 Å². The van der Waals surface area contributed by atoms with E-state index >= 15 is 0 Å². The van der Waals surface area contributed by atoms with Gasteiger partial charge in [0.2, 0.25) is 11.8 Å². The van der Waals surface area contributed by atoms with Crippen molar-refractivity contribution in [3.05, 3.63) is 0 Å². The molecule has 2 aliphatic heterocycles. The van der Waals surface area contributed by atoms with E-state index in [4.69, 9.17) is 0 Å². The summed E-state index contributed by atoms with van der Waals surface area (Å²) in [6, 6.07) is 0. The summed E-state index contributed by atoms with van der Waals surface area (Å²) in [5.41, 5.74) is -0.404. The van der Waals surface area contributed by atoms with Gasteiger partial charge in [0.05, 0.1) is 5.41 Å². The highest BCUT2D eigenvalue weighted by Gasteiger charge is 2.41. The zero-order valence-electron chi connectivity index (χ0n) is 12.7. The average Bonchev–Trinajstić information content (AvgIpc) is 2.89. The zero-order valence-corrected chi connectivity index (χ0v) is 12.7. The molecule has 5 heteroatoms. The van der Waals surface area contributed by atoms with E-state index in [1.165, 1.54) is 12.8 Å². The normalized spacial score (nSPS) is 27.6. The molecule has 0 aromatic heterocycles. The van der Waals surface area contributed by atoms with Crippen molar-refractivity contribution >= 4 is 11.8 Å². The van der Waals surface area contributed by atoms with Crippen LogP contribution in [0.2, 0.25) is 0 Å². The Bertz CT molecular complexity index is 366. The van der Waals surface area contributed by atoms with Crippen LogP contribution in [0.25, 0.3) is 0 Å². The molecule has 2 N–H and O–H groups in total. The molecule has 0 aliphatic carbocycles. The minimum absolute atomic E-state index is 0.0474. The molecular weight excluding hydrogens is 254 g/mol. The second kappa shape index (κ2) is 6.57. The maximum absolute atomic E-state index is 12.3. The van der Waals surface area contributed by atoms with Crippen molar-refractivity contribution in [2.24, 2.45) is 11.3 Å². The van der Waals surface area contributed by atoms with Crippen molar-refractivity contribution < 1.29 is 9.59 Å². The van der Waals surface area contributed by atoms with E-state index in [0.29, 0.717) is 18.9 Å². The molecule has 2 heterocycles. The summed E-state index contributed by atoms with van der Waals surface area (Å²) in [6.45, 7) is 5.40. The monoisotopic (exact) mass is 281 g/mol. The highest BCUT2D eigenvalue weighted by Crippen LogP contribution is 2.31. The molecule has 1 atom stereocenters. The molecule has 5 nitrogen and oxygen atoms in total. The Morgan fingerprint density at radius 2 is 2.05 bits per heavy atom. The van der Waals surface area contributed by atoms with Crippen molar-refractivity contribution in [1.29, 1.82) is 0 Å². The number of piperidine rings is 1. The van der Waals surface area contributed by atoms with Gasteiger partial charge in [-0.2, -0.15) is 0 Å². The highest BCUT2D eigenvalue weighted by atomic mass is 16.2. The van der Waals surface area contributed by atoms with E-state index in [1.54, 1.807) is 7.05 Å². The predicted octanol–water partition coefficient (Wildman–Crippen LogP) is 0.751. The quantitative estimate of drug-likeness (QED) is 0.799. The fraction of sp³-hybridized carbons (Fsp3) is 0.867. The summed E-state index contributed by atoms with van der Waals surface area (Å²) in [4.78, 5) is 26.0. The van der Waals surface area contributed by atoms with Crippen molar-refractivity contribution in [1.82, 2.24) is 15.5 Å². The minimum Gasteiger partial charge on any atom is -0.359 e. The summed E-state index contributed by atoms with van der Waals surface area (Å²) in [6.07, 6.45) is 4.76. The number of carbonyl (C=O) groups excluding carboxylic acids is 2. The van der Waals surface area contributed by atoms with Crippen LogP contribution in [-0.2, 0) is 9.59 Å². The summed E-state index contributed by atoms with van der Waals surface area (Å²) in [5, 5.41) is 6.05. The largest absolute Gasteiger partial charge is 0.359 e. The van der Waals surface area contributed by atoms with Crippen LogP contribution in [0, 0.1) is 11.3 Å². The number of carbonyl (C=O) groups is 2. The summed E-state index contributed by atoms with van der Waals surface area (Å²) in [7, 11) is 1.66. The lowest BCUT2D eigenvalue weighted by molar-refractivity contribution is -0.132. The molecule has 2 fully saturated rings. The molecule has 0 saturated carbocycles. The Kier molecular flexibility index (Phi) is 5.02. The van der Waals surface area contributed by atoms with Gasteiger partial charge in [0.15, 0.2) is 0 Å². The molecule has 0 bridgehead atoms. The molecule has 20 heavy (non-hydrogen) atoms. The van der Waals surface area contributed by atoms with Crippen molar-refractivity contribution in [3.63, 3.8) is 0 Å². The number of rotatable bonds is 4. The lowest BCUT2D eigenvalue weighted by atomic mass is 9.89. The van der Waals surface area contributed by atoms with E-state index in [2.05, 4.69) is 10.6 Å². The first kappa shape index (κ1) is 15.3. The Hall–Kier alpha value is -1.10. The topological polar surface area (TPSA) is 61.4 Å². The second-order valence-corrected chi connectivity index (χ2v) is 6.44. The van der Waals surface area contributed by atoms with E-state index in [9.17, 15) is 9.59 Å². The van der Waals surface area contributed by atoms with Crippen LogP contribution in [0.3, 0.4) is 0 Å². The standard InChI is InChI=1S/C15H27N3O2/c1-15(14(20)16-2)7-10-18(11-15)13(19)4-3-12-5-8-17-9-6-12/h12,17H,3-11H2,1-2H3,(H,16,20). The molecule has 0 radical (unpaired) electrons. The SMILES string of the molecule is CNC(=O)C1(C)CCN(C(=O)CCC2CCNCC2)C1. The third-order valence-electron chi connectivity index (χ3n) is 4.83. The fourth-order valence-electron chi connectivity index (χ4n) is 3.32. The number of likely N-dealkylation sites (tertiary alicyclic amines) is 1. The van der Waals surface area contributed by atoms with E-state index in [1.807, 2.05) is 11.8 Å². The molecule has 0 aromatic rings. The molecule has 2 amide bonds. The van der Waals surface area contributed by atoms with Gasteiger partial charge in [-0.1, -0.05) is 0 Å². The first-order valence-corrected chi connectivity index (χ1v) is 7.76. The lowest BCUT2D eigenvalue weighted by Crippen LogP contribution is -2.40. The minimum atomic E-state index is -0.404. The molecule has 2 rings (SSSR count). The van der Waals surface area contributed by atoms with Gasteiger partial charge in [0.25, 0.3) is 0 Å².